The molecule has 0 bridgehead atoms. The number of likely N-dealkylation sites (tertiary alicyclic amines) is 1. The summed E-state index contributed by atoms with van der Waals surface area (Å²) in [6.07, 6.45) is 3.03. The lowest BCUT2D eigenvalue weighted by molar-refractivity contribution is 0.0837. The quantitative estimate of drug-likeness (QED) is 0.848. The number of β-amino-alcohol motifs (C(OH)–C–C–N with tert-alkyl or cyclic N) is 1. The van der Waals surface area contributed by atoms with Crippen molar-refractivity contribution >= 4 is 5.91 Å². The molecule has 7 nitrogen and oxygen atoms in total. The van der Waals surface area contributed by atoms with Gasteiger partial charge < -0.3 is 10.8 Å². The fourth-order valence-corrected chi connectivity index (χ4v) is 3.00. The van der Waals surface area contributed by atoms with E-state index in [4.69, 9.17) is 5.73 Å². The van der Waals surface area contributed by atoms with Crippen molar-refractivity contribution in [3.8, 4) is 0 Å². The van der Waals surface area contributed by atoms with Gasteiger partial charge in [-0.3, -0.25) is 9.69 Å². The van der Waals surface area contributed by atoms with E-state index in [1.807, 2.05) is 30.3 Å². The molecule has 0 spiro atoms. The molecule has 23 heavy (non-hydrogen) atoms. The van der Waals surface area contributed by atoms with E-state index in [0.717, 1.165) is 31.5 Å². The lowest BCUT2D eigenvalue weighted by Crippen LogP contribution is -2.39. The van der Waals surface area contributed by atoms with Gasteiger partial charge in [0.2, 0.25) is 5.82 Å². The highest BCUT2D eigenvalue weighted by Crippen LogP contribution is 2.23. The number of hydrogen-bond donors (Lipinski definition) is 2. The molecule has 1 fully saturated rings. The van der Waals surface area contributed by atoms with E-state index in [0.29, 0.717) is 6.54 Å². The van der Waals surface area contributed by atoms with Crippen molar-refractivity contribution in [3.63, 3.8) is 0 Å². The number of aliphatic hydroxyl groups is 1. The van der Waals surface area contributed by atoms with E-state index < -0.39 is 12.0 Å². The molecule has 1 amide bonds. The number of carbonyl (C=O) groups is 1. The van der Waals surface area contributed by atoms with Crippen molar-refractivity contribution in [1.82, 2.24) is 19.7 Å². The number of carbonyl (C=O) groups excluding carboxylic acids is 1. The molecule has 0 unspecified atom stereocenters. The second-order valence-corrected chi connectivity index (χ2v) is 5.89. The first-order valence-corrected chi connectivity index (χ1v) is 7.80. The fourth-order valence-electron chi connectivity index (χ4n) is 3.00. The second kappa shape index (κ2) is 6.89. The topological polar surface area (TPSA) is 97.3 Å². The molecular weight excluding hydrogens is 294 g/mol. The number of nitrogens with two attached hydrogens (primary N) is 1. The highest BCUT2D eigenvalue weighted by atomic mass is 16.3. The molecule has 2 atom stereocenters. The lowest BCUT2D eigenvalue weighted by Gasteiger charge is -2.33. The van der Waals surface area contributed by atoms with Crippen LogP contribution in [0.1, 0.15) is 41.2 Å². The van der Waals surface area contributed by atoms with Crippen molar-refractivity contribution < 1.29 is 9.90 Å². The highest BCUT2D eigenvalue weighted by Gasteiger charge is 2.24. The Balaban J connectivity index is 1.62. The number of rotatable bonds is 5. The van der Waals surface area contributed by atoms with E-state index in [-0.39, 0.29) is 11.9 Å². The normalized spacial score (nSPS) is 20.3. The molecule has 1 aliphatic heterocycles. The van der Waals surface area contributed by atoms with Gasteiger partial charge in [0.25, 0.3) is 5.91 Å². The fraction of sp³-hybridized carbons (Fsp3) is 0.438. The summed E-state index contributed by atoms with van der Waals surface area (Å²) in [6.45, 7) is 2.29. The van der Waals surface area contributed by atoms with Crippen LogP contribution in [0.25, 0.3) is 0 Å². The maximum atomic E-state index is 11.1. The molecule has 2 heterocycles. The van der Waals surface area contributed by atoms with Crippen LogP contribution in [0, 0.1) is 0 Å². The third-order valence-electron chi connectivity index (χ3n) is 4.20. The first-order valence-electron chi connectivity index (χ1n) is 7.80. The summed E-state index contributed by atoms with van der Waals surface area (Å²) < 4.78 is 1.71. The average Bonchev–Trinajstić information content (AvgIpc) is 3.06. The Labute approximate surface area is 134 Å². The summed E-state index contributed by atoms with van der Waals surface area (Å²) >= 11 is 0. The molecule has 1 saturated heterocycles. The van der Waals surface area contributed by atoms with E-state index >= 15 is 0 Å². The van der Waals surface area contributed by atoms with Gasteiger partial charge in [0.15, 0.2) is 0 Å². The van der Waals surface area contributed by atoms with E-state index in [9.17, 15) is 9.90 Å². The lowest BCUT2D eigenvalue weighted by atomic mass is 10.0. The molecular formula is C16H21N5O2. The van der Waals surface area contributed by atoms with Crippen LogP contribution in [0.5, 0.6) is 0 Å². The largest absolute Gasteiger partial charge is 0.387 e. The zero-order valence-electron chi connectivity index (χ0n) is 12.9. The SMILES string of the molecule is NC(=O)c1ncn([C@@H]2CCCN(C[C@H](O)c3ccccc3)C2)n1. The van der Waals surface area contributed by atoms with Crippen LogP contribution in [0.15, 0.2) is 36.7 Å². The Kier molecular flexibility index (Phi) is 4.68. The van der Waals surface area contributed by atoms with Crippen LogP contribution in [-0.4, -0.2) is 50.3 Å². The number of hydrogen-bond acceptors (Lipinski definition) is 5. The Hall–Kier alpha value is -2.25. The Morgan fingerprint density at radius 3 is 2.87 bits per heavy atom. The van der Waals surface area contributed by atoms with Crippen LogP contribution in [-0.2, 0) is 0 Å². The van der Waals surface area contributed by atoms with E-state index in [1.54, 1.807) is 11.0 Å². The van der Waals surface area contributed by atoms with Crippen LogP contribution in [0.2, 0.25) is 0 Å². The van der Waals surface area contributed by atoms with Crippen molar-refractivity contribution in [2.75, 3.05) is 19.6 Å². The highest BCUT2D eigenvalue weighted by molar-refractivity contribution is 5.88. The maximum absolute atomic E-state index is 11.1. The Morgan fingerprint density at radius 1 is 1.39 bits per heavy atom. The summed E-state index contributed by atoms with van der Waals surface area (Å²) in [5.74, 6) is -0.567. The zero-order valence-corrected chi connectivity index (χ0v) is 12.9. The average molecular weight is 315 g/mol. The van der Waals surface area contributed by atoms with Gasteiger partial charge in [-0.2, -0.15) is 0 Å². The molecule has 0 aliphatic carbocycles. The minimum atomic E-state index is -0.615. The molecule has 0 saturated carbocycles. The van der Waals surface area contributed by atoms with Crippen molar-refractivity contribution in [3.05, 3.63) is 48.0 Å². The van der Waals surface area contributed by atoms with Gasteiger partial charge in [-0.05, 0) is 24.9 Å². The van der Waals surface area contributed by atoms with Gasteiger partial charge in [0, 0.05) is 13.1 Å². The molecule has 1 aromatic heterocycles. The number of piperidine rings is 1. The summed E-state index contributed by atoms with van der Waals surface area (Å²) in [6, 6.07) is 9.81. The first-order chi connectivity index (χ1) is 11.1. The minimum absolute atomic E-state index is 0.0476. The van der Waals surface area contributed by atoms with Gasteiger partial charge >= 0.3 is 0 Å². The third-order valence-corrected chi connectivity index (χ3v) is 4.20. The van der Waals surface area contributed by atoms with Gasteiger partial charge in [0.05, 0.1) is 12.1 Å². The van der Waals surface area contributed by atoms with Crippen molar-refractivity contribution in [2.24, 2.45) is 5.73 Å². The summed E-state index contributed by atoms with van der Waals surface area (Å²) in [4.78, 5) is 17.3. The molecule has 3 N–H and O–H groups in total. The third kappa shape index (κ3) is 3.75. The molecule has 1 aromatic carbocycles. The number of benzene rings is 1. The van der Waals surface area contributed by atoms with Crippen LogP contribution < -0.4 is 5.73 Å². The maximum Gasteiger partial charge on any atom is 0.288 e. The van der Waals surface area contributed by atoms with E-state index in [1.165, 1.54) is 0 Å². The monoisotopic (exact) mass is 315 g/mol. The predicted octanol–water partition coefficient (Wildman–Crippen LogP) is 0.747. The standard InChI is InChI=1S/C16H21N5O2/c17-15(23)16-18-11-21(19-16)13-7-4-8-20(9-13)10-14(22)12-5-2-1-3-6-12/h1-3,5-6,11,13-14,22H,4,7-10H2,(H2,17,23)/t13-,14+/m1/s1. The molecule has 3 rings (SSSR count). The number of amides is 1. The number of nitrogens with zero attached hydrogens (tertiary/aromatic N) is 4. The minimum Gasteiger partial charge on any atom is -0.387 e. The molecule has 7 heteroatoms. The predicted molar refractivity (Wildman–Crippen MR) is 84.7 cm³/mol. The molecule has 122 valence electrons. The Morgan fingerprint density at radius 2 is 2.17 bits per heavy atom. The Bertz CT molecular complexity index is 658. The summed E-state index contributed by atoms with van der Waals surface area (Å²) in [7, 11) is 0. The van der Waals surface area contributed by atoms with Crippen molar-refractivity contribution in [2.45, 2.75) is 25.0 Å². The first kappa shape index (κ1) is 15.6. The molecule has 2 aromatic rings. The van der Waals surface area contributed by atoms with Gasteiger partial charge in [0.1, 0.15) is 6.33 Å². The second-order valence-electron chi connectivity index (χ2n) is 5.89. The van der Waals surface area contributed by atoms with Crippen LogP contribution >= 0.6 is 0 Å². The van der Waals surface area contributed by atoms with Crippen LogP contribution in [0.4, 0.5) is 0 Å². The molecule has 1 aliphatic rings. The summed E-state index contributed by atoms with van der Waals surface area (Å²) in [5, 5.41) is 14.5. The number of aromatic nitrogens is 3. The number of aliphatic hydroxyl groups excluding tert-OH is 1. The van der Waals surface area contributed by atoms with E-state index in [2.05, 4.69) is 15.0 Å². The van der Waals surface area contributed by atoms with Gasteiger partial charge in [-0.25, -0.2) is 9.67 Å². The summed E-state index contributed by atoms with van der Waals surface area (Å²) in [5.41, 5.74) is 6.12. The van der Waals surface area contributed by atoms with Gasteiger partial charge in [-0.1, -0.05) is 30.3 Å². The smallest absolute Gasteiger partial charge is 0.288 e. The zero-order chi connectivity index (χ0) is 16.2. The number of primary amides is 1. The van der Waals surface area contributed by atoms with Crippen LogP contribution in [0.3, 0.4) is 0 Å². The van der Waals surface area contributed by atoms with Gasteiger partial charge in [-0.15, -0.1) is 5.10 Å². The van der Waals surface area contributed by atoms with Crippen molar-refractivity contribution in [1.29, 1.82) is 0 Å². The molecule has 0 radical (unpaired) electrons.